The Bertz CT molecular complexity index is 850. The highest BCUT2D eigenvalue weighted by Gasteiger charge is 2.44. The molecule has 1 saturated carbocycles. The number of amides is 1. The first-order chi connectivity index (χ1) is 11.2. The zero-order valence-corrected chi connectivity index (χ0v) is 13.2. The highest BCUT2D eigenvalue weighted by atomic mass is 32.1. The van der Waals surface area contributed by atoms with Crippen LogP contribution in [-0.2, 0) is 5.41 Å². The van der Waals surface area contributed by atoms with Gasteiger partial charge in [-0.3, -0.25) is 4.79 Å². The normalized spacial score (nSPS) is 16.0. The number of benzene rings is 1. The van der Waals surface area contributed by atoms with Crippen molar-refractivity contribution < 1.29 is 9.32 Å². The van der Waals surface area contributed by atoms with E-state index >= 15 is 0 Å². The summed E-state index contributed by atoms with van der Waals surface area (Å²) in [6, 6.07) is 12.0. The van der Waals surface area contributed by atoms with Gasteiger partial charge in [-0.15, -0.1) is 11.3 Å². The maximum atomic E-state index is 11.2. The molecule has 0 unspecified atom stereocenters. The molecule has 5 nitrogen and oxygen atoms in total. The summed E-state index contributed by atoms with van der Waals surface area (Å²) in [7, 11) is 0. The number of thiophene rings is 1. The molecule has 1 aromatic carbocycles. The number of primary amides is 1. The van der Waals surface area contributed by atoms with Crippen LogP contribution >= 0.6 is 11.3 Å². The molecule has 3 aromatic rings. The zero-order valence-electron chi connectivity index (χ0n) is 12.4. The van der Waals surface area contributed by atoms with Gasteiger partial charge in [0.05, 0.1) is 15.9 Å². The predicted molar refractivity (Wildman–Crippen MR) is 87.2 cm³/mol. The lowest BCUT2D eigenvalue weighted by Gasteiger charge is -2.39. The minimum atomic E-state index is -0.452. The molecule has 1 amide bonds. The van der Waals surface area contributed by atoms with E-state index < -0.39 is 5.91 Å². The average Bonchev–Trinajstić information content (AvgIpc) is 3.16. The van der Waals surface area contributed by atoms with E-state index in [1.54, 1.807) is 11.4 Å². The third-order valence-electron chi connectivity index (χ3n) is 4.48. The molecule has 1 aliphatic rings. The summed E-state index contributed by atoms with van der Waals surface area (Å²) in [4.78, 5) is 16.6. The number of nitrogens with two attached hydrogens (primary N) is 1. The van der Waals surface area contributed by atoms with Gasteiger partial charge in [0.2, 0.25) is 5.91 Å². The Morgan fingerprint density at radius 1 is 1.26 bits per heavy atom. The minimum Gasteiger partial charge on any atom is -0.366 e. The molecule has 0 aliphatic heterocycles. The molecule has 1 aliphatic carbocycles. The van der Waals surface area contributed by atoms with Crippen LogP contribution < -0.4 is 5.73 Å². The molecule has 2 aromatic heterocycles. The number of nitrogens with zero attached hydrogens (tertiary/aromatic N) is 2. The summed E-state index contributed by atoms with van der Waals surface area (Å²) < 4.78 is 5.44. The summed E-state index contributed by atoms with van der Waals surface area (Å²) in [6.45, 7) is 0. The van der Waals surface area contributed by atoms with E-state index in [4.69, 9.17) is 10.3 Å². The summed E-state index contributed by atoms with van der Waals surface area (Å²) in [6.07, 6.45) is 3.20. The van der Waals surface area contributed by atoms with Crippen LogP contribution in [0.3, 0.4) is 0 Å². The van der Waals surface area contributed by atoms with Crippen LogP contribution in [0.1, 0.15) is 41.0 Å². The van der Waals surface area contributed by atoms with Gasteiger partial charge in [0.1, 0.15) is 0 Å². The van der Waals surface area contributed by atoms with Gasteiger partial charge in [-0.2, -0.15) is 4.98 Å². The van der Waals surface area contributed by atoms with E-state index in [0.29, 0.717) is 11.5 Å². The van der Waals surface area contributed by atoms with Crippen LogP contribution in [0.2, 0.25) is 0 Å². The van der Waals surface area contributed by atoms with Gasteiger partial charge >= 0.3 is 0 Å². The van der Waals surface area contributed by atoms with E-state index in [-0.39, 0.29) is 5.41 Å². The molecule has 6 heteroatoms. The lowest BCUT2D eigenvalue weighted by atomic mass is 9.64. The van der Waals surface area contributed by atoms with Crippen molar-refractivity contribution in [2.24, 2.45) is 5.73 Å². The Morgan fingerprint density at radius 3 is 2.65 bits per heavy atom. The summed E-state index contributed by atoms with van der Waals surface area (Å²) in [5.74, 6) is 0.714. The van der Waals surface area contributed by atoms with Crippen LogP contribution in [0, 0.1) is 0 Å². The number of hydrogen-bond donors (Lipinski definition) is 1. The van der Waals surface area contributed by atoms with Crippen molar-refractivity contribution >= 4 is 17.2 Å². The number of carbonyl (C=O) groups is 1. The van der Waals surface area contributed by atoms with E-state index in [9.17, 15) is 4.79 Å². The third-order valence-corrected chi connectivity index (χ3v) is 5.40. The zero-order chi connectivity index (χ0) is 15.9. The lowest BCUT2D eigenvalue weighted by molar-refractivity contribution is 0.100. The van der Waals surface area contributed by atoms with E-state index in [1.165, 1.54) is 16.9 Å². The molecule has 4 rings (SSSR count). The van der Waals surface area contributed by atoms with Gasteiger partial charge in [0, 0.05) is 5.38 Å². The predicted octanol–water partition coefficient (Wildman–Crippen LogP) is 3.37. The van der Waals surface area contributed by atoms with Gasteiger partial charge in [-0.1, -0.05) is 41.9 Å². The highest BCUT2D eigenvalue weighted by molar-refractivity contribution is 7.13. The van der Waals surface area contributed by atoms with E-state index in [1.807, 2.05) is 18.2 Å². The van der Waals surface area contributed by atoms with Crippen molar-refractivity contribution in [1.82, 2.24) is 10.1 Å². The Morgan fingerprint density at radius 2 is 2.04 bits per heavy atom. The Labute approximate surface area is 137 Å². The first kappa shape index (κ1) is 14.1. The van der Waals surface area contributed by atoms with Crippen molar-refractivity contribution in [3.63, 3.8) is 0 Å². The number of carbonyl (C=O) groups excluding carboxylic acids is 1. The van der Waals surface area contributed by atoms with Gasteiger partial charge < -0.3 is 10.3 Å². The van der Waals surface area contributed by atoms with Crippen LogP contribution in [-0.4, -0.2) is 16.0 Å². The molecule has 0 saturated heterocycles. The second-order valence-electron chi connectivity index (χ2n) is 5.79. The molecule has 0 bridgehead atoms. The SMILES string of the molecule is NC(=O)c1csc(-c2nc(C3(c4ccccc4)CCC3)no2)c1. The minimum absolute atomic E-state index is 0.146. The van der Waals surface area contributed by atoms with Crippen molar-refractivity contribution in [2.75, 3.05) is 0 Å². The number of aromatic nitrogens is 2. The van der Waals surface area contributed by atoms with Crippen molar-refractivity contribution in [1.29, 1.82) is 0 Å². The Balaban J connectivity index is 1.70. The molecular formula is C17H15N3O2S. The maximum Gasteiger partial charge on any atom is 0.268 e. The molecule has 2 N–H and O–H groups in total. The van der Waals surface area contributed by atoms with E-state index in [0.717, 1.165) is 30.0 Å². The molecule has 2 heterocycles. The second kappa shape index (κ2) is 5.31. The average molecular weight is 325 g/mol. The first-order valence-corrected chi connectivity index (χ1v) is 8.35. The highest BCUT2D eigenvalue weighted by Crippen LogP contribution is 2.48. The molecule has 0 spiro atoms. The van der Waals surface area contributed by atoms with Gasteiger partial charge in [-0.25, -0.2) is 0 Å². The quantitative estimate of drug-likeness (QED) is 0.797. The van der Waals surface area contributed by atoms with Crippen LogP contribution in [0.15, 0.2) is 46.3 Å². The maximum absolute atomic E-state index is 11.2. The van der Waals surface area contributed by atoms with Gasteiger partial charge in [0.15, 0.2) is 5.82 Å². The fraction of sp³-hybridized carbons (Fsp3) is 0.235. The fourth-order valence-electron chi connectivity index (χ4n) is 3.02. The standard InChI is InChI=1S/C17H15N3O2S/c18-14(21)11-9-13(23-10-11)15-19-16(20-22-15)17(7-4-8-17)12-5-2-1-3-6-12/h1-3,5-6,9-10H,4,7-8H2,(H2,18,21). The Hall–Kier alpha value is -2.47. The van der Waals surface area contributed by atoms with Crippen molar-refractivity contribution in [3.05, 3.63) is 58.7 Å². The summed E-state index contributed by atoms with van der Waals surface area (Å²) in [5.41, 5.74) is 6.83. The van der Waals surface area contributed by atoms with Crippen molar-refractivity contribution in [3.8, 4) is 10.8 Å². The first-order valence-electron chi connectivity index (χ1n) is 7.47. The van der Waals surface area contributed by atoms with E-state index in [2.05, 4.69) is 22.3 Å². The largest absolute Gasteiger partial charge is 0.366 e. The van der Waals surface area contributed by atoms with Crippen LogP contribution in [0.25, 0.3) is 10.8 Å². The smallest absolute Gasteiger partial charge is 0.268 e. The van der Waals surface area contributed by atoms with Gasteiger partial charge in [-0.05, 0) is 24.5 Å². The molecule has 23 heavy (non-hydrogen) atoms. The molecule has 1 fully saturated rings. The monoisotopic (exact) mass is 325 g/mol. The van der Waals surface area contributed by atoms with Crippen LogP contribution in [0.4, 0.5) is 0 Å². The lowest BCUT2D eigenvalue weighted by Crippen LogP contribution is -2.36. The third kappa shape index (κ3) is 2.26. The summed E-state index contributed by atoms with van der Waals surface area (Å²) >= 11 is 1.38. The Kier molecular flexibility index (Phi) is 3.27. The molecular weight excluding hydrogens is 310 g/mol. The topological polar surface area (TPSA) is 82.0 Å². The second-order valence-corrected chi connectivity index (χ2v) is 6.70. The van der Waals surface area contributed by atoms with Gasteiger partial charge in [0.25, 0.3) is 5.89 Å². The fourth-order valence-corrected chi connectivity index (χ4v) is 3.84. The summed E-state index contributed by atoms with van der Waals surface area (Å²) in [5, 5.41) is 5.93. The van der Waals surface area contributed by atoms with Crippen LogP contribution in [0.5, 0.6) is 0 Å². The molecule has 116 valence electrons. The molecule has 0 atom stereocenters. The number of hydrogen-bond acceptors (Lipinski definition) is 5. The number of rotatable bonds is 4. The molecule has 0 radical (unpaired) electrons. The van der Waals surface area contributed by atoms with Crippen molar-refractivity contribution in [2.45, 2.75) is 24.7 Å².